The van der Waals surface area contributed by atoms with E-state index in [0.29, 0.717) is 27.5 Å². The van der Waals surface area contributed by atoms with Crippen molar-refractivity contribution in [3.8, 4) is 0 Å². The Morgan fingerprint density at radius 2 is 1.78 bits per heavy atom. The number of hydrogen-bond acceptors (Lipinski definition) is 3. The molecule has 92 valence electrons. The van der Waals surface area contributed by atoms with Gasteiger partial charge < -0.3 is 10.9 Å². The molecule has 0 atom stereocenters. The van der Waals surface area contributed by atoms with Crippen LogP contribution in [0.5, 0.6) is 0 Å². The van der Waals surface area contributed by atoms with Crippen LogP contribution in [0.1, 0.15) is 11.1 Å². The Labute approximate surface area is 118 Å². The maximum absolute atomic E-state index is 9.23. The Morgan fingerprint density at radius 1 is 1.11 bits per heavy atom. The van der Waals surface area contributed by atoms with Crippen LogP contribution in [-0.2, 0) is 0 Å². The number of nitrogens with zero attached hydrogens (tertiary/aromatic N) is 1. The number of nitrogen functional groups attached to an aromatic ring is 1. The van der Waals surface area contributed by atoms with Gasteiger partial charge in [0.05, 0.1) is 10.7 Å². The van der Waals surface area contributed by atoms with Gasteiger partial charge in [0.15, 0.2) is 0 Å². The highest BCUT2D eigenvalue weighted by Crippen LogP contribution is 2.27. The van der Waals surface area contributed by atoms with Crippen molar-refractivity contribution in [3.63, 3.8) is 0 Å². The van der Waals surface area contributed by atoms with Crippen molar-refractivity contribution in [3.05, 3.63) is 63.1 Å². The fourth-order valence-electron chi connectivity index (χ4n) is 1.65. The van der Waals surface area contributed by atoms with E-state index in [1.54, 1.807) is 18.2 Å². The average Bonchev–Trinajstić information content (AvgIpc) is 2.37. The maximum Gasteiger partial charge on any atom is 0.120 e. The third kappa shape index (κ3) is 2.35. The van der Waals surface area contributed by atoms with E-state index in [1.807, 2.05) is 24.3 Å². The molecular formula is C13H10BrClN2O. The lowest BCUT2D eigenvalue weighted by Gasteiger charge is -2.10. The molecule has 18 heavy (non-hydrogen) atoms. The van der Waals surface area contributed by atoms with Gasteiger partial charge in [-0.1, -0.05) is 47.1 Å². The molecule has 0 saturated carbocycles. The van der Waals surface area contributed by atoms with Gasteiger partial charge in [0.2, 0.25) is 0 Å². The smallest absolute Gasteiger partial charge is 0.120 e. The zero-order valence-corrected chi connectivity index (χ0v) is 11.6. The number of oxime groups is 1. The first-order chi connectivity index (χ1) is 8.65. The van der Waals surface area contributed by atoms with Crippen LogP contribution < -0.4 is 5.73 Å². The minimum Gasteiger partial charge on any atom is -0.410 e. The number of nitrogens with two attached hydrogens (primary N) is 1. The number of halogens is 2. The van der Waals surface area contributed by atoms with Crippen molar-refractivity contribution >= 4 is 38.9 Å². The van der Waals surface area contributed by atoms with E-state index in [4.69, 9.17) is 17.3 Å². The van der Waals surface area contributed by atoms with E-state index in [9.17, 15) is 5.21 Å². The van der Waals surface area contributed by atoms with Crippen molar-refractivity contribution < 1.29 is 5.21 Å². The van der Waals surface area contributed by atoms with Gasteiger partial charge in [0.25, 0.3) is 0 Å². The molecule has 0 bridgehead atoms. The van der Waals surface area contributed by atoms with Crippen LogP contribution in [0.3, 0.4) is 0 Å². The second kappa shape index (κ2) is 5.42. The van der Waals surface area contributed by atoms with E-state index < -0.39 is 0 Å². The van der Waals surface area contributed by atoms with Gasteiger partial charge >= 0.3 is 0 Å². The second-order valence-corrected chi connectivity index (χ2v) is 4.89. The van der Waals surface area contributed by atoms with Gasteiger partial charge in [-0.05, 0) is 28.1 Å². The summed E-state index contributed by atoms with van der Waals surface area (Å²) < 4.78 is 0.744. The molecule has 2 aromatic rings. The first-order valence-electron chi connectivity index (χ1n) is 5.16. The van der Waals surface area contributed by atoms with Crippen LogP contribution in [-0.4, -0.2) is 10.9 Å². The SMILES string of the molecule is Nc1c(Br)cccc1C(=NO)c1ccccc1Cl. The summed E-state index contributed by atoms with van der Waals surface area (Å²) >= 11 is 9.44. The van der Waals surface area contributed by atoms with Crippen LogP contribution in [0.15, 0.2) is 52.1 Å². The minimum atomic E-state index is 0.347. The maximum atomic E-state index is 9.23. The molecule has 2 rings (SSSR count). The molecule has 0 aliphatic rings. The molecule has 5 heteroatoms. The standard InChI is InChI=1S/C13H10BrClN2O/c14-10-6-3-5-9(12(10)16)13(17-18)8-4-1-2-7-11(8)15/h1-7,18H,16H2. The summed E-state index contributed by atoms with van der Waals surface area (Å²) in [4.78, 5) is 0. The van der Waals surface area contributed by atoms with Crippen molar-refractivity contribution in [2.45, 2.75) is 0 Å². The molecule has 0 aliphatic heterocycles. The van der Waals surface area contributed by atoms with Gasteiger partial charge in [-0.3, -0.25) is 0 Å². The highest BCUT2D eigenvalue weighted by Gasteiger charge is 2.15. The lowest BCUT2D eigenvalue weighted by atomic mass is 10.0. The molecule has 2 aromatic carbocycles. The Balaban J connectivity index is 2.61. The minimum absolute atomic E-state index is 0.347. The molecular weight excluding hydrogens is 316 g/mol. The Hall–Kier alpha value is -1.52. The van der Waals surface area contributed by atoms with Gasteiger partial charge in [0, 0.05) is 15.6 Å². The summed E-state index contributed by atoms with van der Waals surface area (Å²) in [5.41, 5.74) is 8.07. The average molecular weight is 326 g/mol. The summed E-state index contributed by atoms with van der Waals surface area (Å²) in [6.07, 6.45) is 0. The largest absolute Gasteiger partial charge is 0.410 e. The van der Waals surface area contributed by atoms with Crippen molar-refractivity contribution in [1.29, 1.82) is 0 Å². The number of anilines is 1. The fourth-order valence-corrected chi connectivity index (χ4v) is 2.24. The number of para-hydroxylation sites is 1. The summed E-state index contributed by atoms with van der Waals surface area (Å²) in [7, 11) is 0. The zero-order chi connectivity index (χ0) is 13.1. The first kappa shape index (κ1) is 12.9. The predicted molar refractivity (Wildman–Crippen MR) is 77.4 cm³/mol. The van der Waals surface area contributed by atoms with Gasteiger partial charge in [0.1, 0.15) is 5.71 Å². The normalized spacial score (nSPS) is 11.6. The van der Waals surface area contributed by atoms with E-state index in [1.165, 1.54) is 0 Å². The number of benzene rings is 2. The third-order valence-corrected chi connectivity index (χ3v) is 3.56. The monoisotopic (exact) mass is 324 g/mol. The number of hydrogen-bond donors (Lipinski definition) is 2. The number of rotatable bonds is 2. The molecule has 0 unspecified atom stereocenters. The molecule has 0 saturated heterocycles. The lowest BCUT2D eigenvalue weighted by molar-refractivity contribution is 0.319. The topological polar surface area (TPSA) is 58.6 Å². The van der Waals surface area contributed by atoms with Crippen LogP contribution in [0, 0.1) is 0 Å². The van der Waals surface area contributed by atoms with Crippen LogP contribution in [0.2, 0.25) is 5.02 Å². The van der Waals surface area contributed by atoms with Crippen molar-refractivity contribution in [1.82, 2.24) is 0 Å². The van der Waals surface area contributed by atoms with Crippen LogP contribution in [0.25, 0.3) is 0 Å². The molecule has 0 amide bonds. The van der Waals surface area contributed by atoms with E-state index in [2.05, 4.69) is 21.1 Å². The van der Waals surface area contributed by atoms with Gasteiger partial charge in [-0.25, -0.2) is 0 Å². The fraction of sp³-hybridized carbons (Fsp3) is 0. The van der Waals surface area contributed by atoms with Gasteiger partial charge in [-0.2, -0.15) is 0 Å². The first-order valence-corrected chi connectivity index (χ1v) is 6.33. The van der Waals surface area contributed by atoms with Crippen LogP contribution >= 0.6 is 27.5 Å². The summed E-state index contributed by atoms with van der Waals surface area (Å²) in [5.74, 6) is 0. The van der Waals surface area contributed by atoms with Crippen LogP contribution in [0.4, 0.5) is 5.69 Å². The molecule has 0 aromatic heterocycles. The highest BCUT2D eigenvalue weighted by molar-refractivity contribution is 9.10. The Kier molecular flexibility index (Phi) is 3.89. The van der Waals surface area contributed by atoms with Crippen molar-refractivity contribution in [2.24, 2.45) is 5.16 Å². The summed E-state index contributed by atoms with van der Waals surface area (Å²) in [5, 5.41) is 13.1. The second-order valence-electron chi connectivity index (χ2n) is 3.63. The van der Waals surface area contributed by atoms with E-state index in [0.717, 1.165) is 4.47 Å². The molecule has 3 nitrogen and oxygen atoms in total. The van der Waals surface area contributed by atoms with Crippen molar-refractivity contribution in [2.75, 3.05) is 5.73 Å². The molecule has 0 radical (unpaired) electrons. The molecule has 3 N–H and O–H groups in total. The highest BCUT2D eigenvalue weighted by atomic mass is 79.9. The summed E-state index contributed by atoms with van der Waals surface area (Å²) in [6.45, 7) is 0. The molecule has 0 fully saturated rings. The summed E-state index contributed by atoms with van der Waals surface area (Å²) in [6, 6.07) is 12.6. The molecule has 0 aliphatic carbocycles. The van der Waals surface area contributed by atoms with E-state index >= 15 is 0 Å². The molecule has 0 spiro atoms. The zero-order valence-electron chi connectivity index (χ0n) is 9.27. The lowest BCUT2D eigenvalue weighted by Crippen LogP contribution is -2.08. The van der Waals surface area contributed by atoms with E-state index in [-0.39, 0.29) is 0 Å². The Morgan fingerprint density at radius 3 is 2.44 bits per heavy atom. The quantitative estimate of drug-likeness (QED) is 0.380. The van der Waals surface area contributed by atoms with Gasteiger partial charge in [-0.15, -0.1) is 0 Å². The Bertz CT molecular complexity index is 614. The third-order valence-electron chi connectivity index (χ3n) is 2.54. The molecule has 0 heterocycles. The predicted octanol–water partition coefficient (Wildman–Crippen LogP) is 3.91.